The van der Waals surface area contributed by atoms with Crippen molar-refractivity contribution in [2.24, 2.45) is 0 Å². The van der Waals surface area contributed by atoms with E-state index in [4.69, 9.17) is 9.47 Å². The maximum absolute atomic E-state index is 5.79. The first-order valence-corrected chi connectivity index (χ1v) is 5.74. The van der Waals surface area contributed by atoms with E-state index in [1.165, 1.54) is 0 Å². The highest BCUT2D eigenvalue weighted by Crippen LogP contribution is 2.26. The Balaban J connectivity index is 1.85. The van der Waals surface area contributed by atoms with Crippen molar-refractivity contribution in [1.82, 2.24) is 4.98 Å². The molecule has 0 unspecified atom stereocenters. The average molecular weight is 239 g/mol. The number of hydrogen-bond donors (Lipinski definition) is 1. The molecule has 3 heteroatoms. The van der Waals surface area contributed by atoms with Crippen LogP contribution in [-0.4, -0.2) is 12.1 Å². The Morgan fingerprint density at radius 2 is 1.56 bits per heavy atom. The third-order valence-corrected chi connectivity index (χ3v) is 2.82. The Hall–Kier alpha value is -2.42. The van der Waals surface area contributed by atoms with Crippen molar-refractivity contribution in [1.29, 1.82) is 0 Å². The summed E-state index contributed by atoms with van der Waals surface area (Å²) < 4.78 is 10.9. The number of benzene rings is 2. The molecule has 3 rings (SSSR count). The highest BCUT2D eigenvalue weighted by atomic mass is 16.5. The third-order valence-electron chi connectivity index (χ3n) is 2.82. The quantitative estimate of drug-likeness (QED) is 0.750. The smallest absolute Gasteiger partial charge is 0.128 e. The van der Waals surface area contributed by atoms with Crippen LogP contribution >= 0.6 is 0 Å². The van der Waals surface area contributed by atoms with Gasteiger partial charge in [0.05, 0.1) is 7.11 Å². The van der Waals surface area contributed by atoms with Crippen LogP contribution in [0.5, 0.6) is 17.2 Å². The minimum atomic E-state index is 0.797. The molecule has 3 aromatic rings. The molecule has 1 heterocycles. The molecule has 90 valence electrons. The standard InChI is InChI=1S/C15H13NO2/c1-17-12-2-4-13(5-3-12)18-14-6-7-15-11(10-14)8-9-16-15/h2-10,16H,1H3. The molecule has 0 atom stereocenters. The molecule has 0 radical (unpaired) electrons. The molecule has 2 aromatic carbocycles. The summed E-state index contributed by atoms with van der Waals surface area (Å²) in [6, 6.07) is 15.5. The second kappa shape index (κ2) is 4.45. The van der Waals surface area contributed by atoms with Crippen molar-refractivity contribution in [3.63, 3.8) is 0 Å². The molecule has 0 spiro atoms. The van der Waals surface area contributed by atoms with Crippen molar-refractivity contribution in [2.45, 2.75) is 0 Å². The number of fused-ring (bicyclic) bond motifs is 1. The van der Waals surface area contributed by atoms with Crippen LogP contribution < -0.4 is 9.47 Å². The number of methoxy groups -OCH3 is 1. The third kappa shape index (κ3) is 2.02. The van der Waals surface area contributed by atoms with E-state index in [1.807, 2.05) is 54.7 Å². The highest BCUT2D eigenvalue weighted by Gasteiger charge is 2.00. The first kappa shape index (κ1) is 10.7. The number of rotatable bonds is 3. The van der Waals surface area contributed by atoms with E-state index in [9.17, 15) is 0 Å². The van der Waals surface area contributed by atoms with Gasteiger partial charge in [0.25, 0.3) is 0 Å². The molecule has 0 aliphatic heterocycles. The van der Waals surface area contributed by atoms with Crippen molar-refractivity contribution < 1.29 is 9.47 Å². The van der Waals surface area contributed by atoms with Crippen LogP contribution in [0.25, 0.3) is 10.9 Å². The Labute approximate surface area is 105 Å². The molecule has 0 fully saturated rings. The normalized spacial score (nSPS) is 10.5. The molecule has 3 nitrogen and oxygen atoms in total. The van der Waals surface area contributed by atoms with E-state index < -0.39 is 0 Å². The van der Waals surface area contributed by atoms with Crippen LogP contribution in [-0.2, 0) is 0 Å². The van der Waals surface area contributed by atoms with E-state index in [0.717, 1.165) is 28.2 Å². The Morgan fingerprint density at radius 1 is 0.833 bits per heavy atom. The van der Waals surface area contributed by atoms with Crippen LogP contribution in [0.15, 0.2) is 54.7 Å². The van der Waals surface area contributed by atoms with E-state index in [0.29, 0.717) is 0 Å². The minimum absolute atomic E-state index is 0.797. The Kier molecular flexibility index (Phi) is 2.65. The molecule has 1 aromatic heterocycles. The molecule has 0 saturated heterocycles. The number of aromatic nitrogens is 1. The number of hydrogen-bond acceptors (Lipinski definition) is 2. The van der Waals surface area contributed by atoms with Crippen LogP contribution in [0.2, 0.25) is 0 Å². The summed E-state index contributed by atoms with van der Waals surface area (Å²) in [6.07, 6.45) is 1.92. The molecule has 1 N–H and O–H groups in total. The van der Waals surface area contributed by atoms with Gasteiger partial charge < -0.3 is 14.5 Å². The first-order valence-electron chi connectivity index (χ1n) is 5.74. The molecular weight excluding hydrogens is 226 g/mol. The van der Waals surface area contributed by atoms with E-state index in [1.54, 1.807) is 7.11 Å². The van der Waals surface area contributed by atoms with Gasteiger partial charge in [-0.1, -0.05) is 0 Å². The van der Waals surface area contributed by atoms with Gasteiger partial charge in [-0.3, -0.25) is 0 Å². The van der Waals surface area contributed by atoms with Gasteiger partial charge >= 0.3 is 0 Å². The zero-order chi connectivity index (χ0) is 12.4. The maximum Gasteiger partial charge on any atom is 0.128 e. The topological polar surface area (TPSA) is 34.2 Å². The van der Waals surface area contributed by atoms with Gasteiger partial charge in [-0.25, -0.2) is 0 Å². The number of H-pyrrole nitrogens is 1. The molecular formula is C15H13NO2. The second-order valence-corrected chi connectivity index (χ2v) is 4.00. The van der Waals surface area contributed by atoms with Gasteiger partial charge in [0.2, 0.25) is 0 Å². The van der Waals surface area contributed by atoms with E-state index in [-0.39, 0.29) is 0 Å². The maximum atomic E-state index is 5.79. The summed E-state index contributed by atoms with van der Waals surface area (Å²) >= 11 is 0. The lowest BCUT2D eigenvalue weighted by Crippen LogP contribution is -1.85. The first-order chi connectivity index (χ1) is 8.85. The fourth-order valence-corrected chi connectivity index (χ4v) is 1.87. The molecule has 0 bridgehead atoms. The minimum Gasteiger partial charge on any atom is -0.497 e. The molecule has 0 aliphatic rings. The van der Waals surface area contributed by atoms with Crippen molar-refractivity contribution in [3.05, 3.63) is 54.7 Å². The number of ether oxygens (including phenoxy) is 2. The second-order valence-electron chi connectivity index (χ2n) is 4.00. The summed E-state index contributed by atoms with van der Waals surface area (Å²) in [4.78, 5) is 3.15. The zero-order valence-corrected chi connectivity index (χ0v) is 10.0. The summed E-state index contributed by atoms with van der Waals surface area (Å²) in [6.45, 7) is 0. The lowest BCUT2D eigenvalue weighted by atomic mass is 10.2. The van der Waals surface area contributed by atoms with Crippen LogP contribution in [0.4, 0.5) is 0 Å². The fraction of sp³-hybridized carbons (Fsp3) is 0.0667. The van der Waals surface area contributed by atoms with Gasteiger partial charge in [-0.2, -0.15) is 0 Å². The van der Waals surface area contributed by atoms with Gasteiger partial charge in [-0.15, -0.1) is 0 Å². The Bertz CT molecular complexity index is 656. The summed E-state index contributed by atoms with van der Waals surface area (Å²) in [5.74, 6) is 2.45. The zero-order valence-electron chi connectivity index (χ0n) is 10.0. The monoisotopic (exact) mass is 239 g/mol. The summed E-state index contributed by atoms with van der Waals surface area (Å²) in [7, 11) is 1.65. The molecule has 0 aliphatic carbocycles. The van der Waals surface area contributed by atoms with Crippen LogP contribution in [0.3, 0.4) is 0 Å². The van der Waals surface area contributed by atoms with Crippen molar-refractivity contribution >= 4 is 10.9 Å². The fourth-order valence-electron chi connectivity index (χ4n) is 1.87. The number of aromatic amines is 1. The lowest BCUT2D eigenvalue weighted by molar-refractivity contribution is 0.413. The summed E-state index contributed by atoms with van der Waals surface area (Å²) in [5.41, 5.74) is 1.11. The van der Waals surface area contributed by atoms with Gasteiger partial charge in [0.1, 0.15) is 17.2 Å². The highest BCUT2D eigenvalue weighted by molar-refractivity contribution is 5.80. The molecule has 18 heavy (non-hydrogen) atoms. The van der Waals surface area contributed by atoms with Crippen LogP contribution in [0.1, 0.15) is 0 Å². The van der Waals surface area contributed by atoms with E-state index in [2.05, 4.69) is 4.98 Å². The number of nitrogens with one attached hydrogen (secondary N) is 1. The Morgan fingerprint density at radius 3 is 2.33 bits per heavy atom. The predicted octanol–water partition coefficient (Wildman–Crippen LogP) is 3.97. The average Bonchev–Trinajstić information content (AvgIpc) is 2.87. The van der Waals surface area contributed by atoms with Gasteiger partial charge in [0, 0.05) is 17.1 Å². The van der Waals surface area contributed by atoms with E-state index >= 15 is 0 Å². The van der Waals surface area contributed by atoms with Crippen molar-refractivity contribution in [3.8, 4) is 17.2 Å². The van der Waals surface area contributed by atoms with Gasteiger partial charge in [0.15, 0.2) is 0 Å². The van der Waals surface area contributed by atoms with Gasteiger partial charge in [-0.05, 0) is 48.5 Å². The predicted molar refractivity (Wildman–Crippen MR) is 71.4 cm³/mol. The molecule has 0 saturated carbocycles. The molecule has 0 amide bonds. The lowest BCUT2D eigenvalue weighted by Gasteiger charge is -2.06. The van der Waals surface area contributed by atoms with Crippen LogP contribution in [0, 0.1) is 0 Å². The summed E-state index contributed by atoms with van der Waals surface area (Å²) in [5, 5.41) is 1.14. The van der Waals surface area contributed by atoms with Crippen molar-refractivity contribution in [2.75, 3.05) is 7.11 Å². The largest absolute Gasteiger partial charge is 0.497 e. The SMILES string of the molecule is COc1ccc(Oc2ccc3[nH]ccc3c2)cc1.